The lowest BCUT2D eigenvalue weighted by Gasteiger charge is -2.24. The number of hydrogen-bond donors (Lipinski definition) is 0. The Morgan fingerprint density at radius 1 is 1.52 bits per heavy atom. The van der Waals surface area contributed by atoms with E-state index in [2.05, 4.69) is 10.1 Å². The van der Waals surface area contributed by atoms with E-state index in [1.165, 1.54) is 17.1 Å². The Kier molecular flexibility index (Phi) is 4.42. The first kappa shape index (κ1) is 15.7. The molecule has 1 aliphatic rings. The normalized spacial score (nSPS) is 17.7. The lowest BCUT2D eigenvalue weighted by atomic mass is 10.1. The van der Waals surface area contributed by atoms with Crippen molar-refractivity contribution >= 4 is 16.9 Å². The minimum absolute atomic E-state index is 0.00190. The van der Waals surface area contributed by atoms with Gasteiger partial charge in [-0.2, -0.15) is 5.10 Å². The van der Waals surface area contributed by atoms with E-state index in [9.17, 15) is 9.59 Å². The molecule has 2 aromatic heterocycles. The Labute approximate surface area is 133 Å². The molecule has 0 saturated carbocycles. The number of likely N-dealkylation sites (N-methyl/N-ethyl adjacent to an activating group) is 1. The minimum Gasteiger partial charge on any atom is -0.381 e. The fraction of sp³-hybridized carbons (Fsp3) is 0.600. The number of amides is 1. The zero-order chi connectivity index (χ0) is 16.4. The van der Waals surface area contributed by atoms with Crippen LogP contribution in [0.3, 0.4) is 0 Å². The Hall–Kier alpha value is -2.22. The van der Waals surface area contributed by atoms with Gasteiger partial charge in [-0.1, -0.05) is 0 Å². The van der Waals surface area contributed by atoms with Crippen LogP contribution in [0, 0.1) is 5.92 Å². The number of ether oxygens (including phenoxy) is 1. The number of nitrogens with zero attached hydrogens (tertiary/aromatic N) is 5. The molecule has 3 rings (SSSR count). The van der Waals surface area contributed by atoms with Crippen molar-refractivity contribution in [2.24, 2.45) is 13.0 Å². The Morgan fingerprint density at radius 2 is 2.35 bits per heavy atom. The summed E-state index contributed by atoms with van der Waals surface area (Å²) in [4.78, 5) is 30.9. The summed E-state index contributed by atoms with van der Waals surface area (Å²) in [7, 11) is 1.73. The fourth-order valence-corrected chi connectivity index (χ4v) is 2.87. The number of carbonyl (C=O) groups excluding carboxylic acids is 1. The third kappa shape index (κ3) is 3.12. The van der Waals surface area contributed by atoms with Crippen molar-refractivity contribution in [1.29, 1.82) is 0 Å². The van der Waals surface area contributed by atoms with Crippen LogP contribution in [0.1, 0.15) is 13.3 Å². The van der Waals surface area contributed by atoms with Gasteiger partial charge in [-0.05, 0) is 13.3 Å². The first-order valence-electron chi connectivity index (χ1n) is 7.82. The van der Waals surface area contributed by atoms with Crippen molar-refractivity contribution in [3.63, 3.8) is 0 Å². The van der Waals surface area contributed by atoms with E-state index in [1.54, 1.807) is 16.6 Å². The third-order valence-corrected chi connectivity index (χ3v) is 4.26. The maximum Gasteiger partial charge on any atom is 0.264 e. The summed E-state index contributed by atoms with van der Waals surface area (Å²) in [5.41, 5.74) is 0.283. The highest BCUT2D eigenvalue weighted by atomic mass is 16.5. The van der Waals surface area contributed by atoms with Crippen LogP contribution < -0.4 is 5.56 Å². The maximum absolute atomic E-state index is 12.5. The fourth-order valence-electron chi connectivity index (χ4n) is 2.87. The maximum atomic E-state index is 12.5. The van der Waals surface area contributed by atoms with Gasteiger partial charge in [0.05, 0.1) is 12.8 Å². The molecular formula is C15H21N5O3. The van der Waals surface area contributed by atoms with Crippen molar-refractivity contribution in [3.8, 4) is 0 Å². The second kappa shape index (κ2) is 6.49. The van der Waals surface area contributed by atoms with Crippen LogP contribution in [0.4, 0.5) is 0 Å². The predicted octanol–water partition coefficient (Wildman–Crippen LogP) is 0.0150. The van der Waals surface area contributed by atoms with Crippen LogP contribution in [0.5, 0.6) is 0 Å². The van der Waals surface area contributed by atoms with Gasteiger partial charge in [-0.15, -0.1) is 0 Å². The molecule has 1 amide bonds. The van der Waals surface area contributed by atoms with Gasteiger partial charge < -0.3 is 9.64 Å². The molecule has 8 nitrogen and oxygen atoms in total. The van der Waals surface area contributed by atoms with E-state index >= 15 is 0 Å². The molecule has 1 saturated heterocycles. The Balaban J connectivity index is 1.75. The van der Waals surface area contributed by atoms with E-state index in [0.29, 0.717) is 36.6 Å². The Bertz CT molecular complexity index is 760. The van der Waals surface area contributed by atoms with E-state index in [-0.39, 0.29) is 18.0 Å². The summed E-state index contributed by atoms with van der Waals surface area (Å²) in [6.45, 7) is 4.70. The monoisotopic (exact) mass is 319 g/mol. The summed E-state index contributed by atoms with van der Waals surface area (Å²) in [6, 6.07) is 0. The zero-order valence-corrected chi connectivity index (χ0v) is 13.4. The molecule has 0 aromatic carbocycles. The summed E-state index contributed by atoms with van der Waals surface area (Å²) in [6.07, 6.45) is 3.88. The second-order valence-corrected chi connectivity index (χ2v) is 5.85. The standard InChI is InChI=1S/C15H21N5O3/c1-3-19(7-11-4-5-23-9-11)13(21)8-20-10-16-14-12(15(20)22)6-17-18(14)2/h6,10-11H,3-5,7-9H2,1-2H3/t11-/m1/s1. The predicted molar refractivity (Wildman–Crippen MR) is 83.9 cm³/mol. The van der Waals surface area contributed by atoms with Crippen LogP contribution in [-0.4, -0.2) is 56.4 Å². The molecule has 1 fully saturated rings. The first-order valence-corrected chi connectivity index (χ1v) is 7.82. The second-order valence-electron chi connectivity index (χ2n) is 5.85. The lowest BCUT2D eigenvalue weighted by Crippen LogP contribution is -2.39. The van der Waals surface area contributed by atoms with Crippen LogP contribution in [0.2, 0.25) is 0 Å². The topological polar surface area (TPSA) is 82.2 Å². The number of rotatable bonds is 5. The van der Waals surface area contributed by atoms with Crippen LogP contribution in [0.15, 0.2) is 17.3 Å². The third-order valence-electron chi connectivity index (χ3n) is 4.26. The molecule has 124 valence electrons. The zero-order valence-electron chi connectivity index (χ0n) is 13.4. The Morgan fingerprint density at radius 3 is 3.04 bits per heavy atom. The highest BCUT2D eigenvalue weighted by Gasteiger charge is 2.22. The molecule has 0 spiro atoms. The van der Waals surface area contributed by atoms with Crippen LogP contribution in [-0.2, 0) is 23.1 Å². The van der Waals surface area contributed by atoms with E-state index in [4.69, 9.17) is 4.74 Å². The largest absolute Gasteiger partial charge is 0.381 e. The molecule has 2 aromatic rings. The molecule has 1 atom stereocenters. The SMILES string of the molecule is CCN(C[C@H]1CCOC1)C(=O)Cn1cnc2c(cnn2C)c1=O. The summed E-state index contributed by atoms with van der Waals surface area (Å²) >= 11 is 0. The average molecular weight is 319 g/mol. The van der Waals surface area contributed by atoms with Crippen molar-refractivity contribution in [1.82, 2.24) is 24.2 Å². The van der Waals surface area contributed by atoms with Gasteiger partial charge in [-0.3, -0.25) is 18.8 Å². The van der Waals surface area contributed by atoms with E-state index in [0.717, 1.165) is 13.0 Å². The number of aryl methyl sites for hydroxylation is 1. The first-order chi connectivity index (χ1) is 11.1. The van der Waals surface area contributed by atoms with Gasteiger partial charge in [0.15, 0.2) is 5.65 Å². The van der Waals surface area contributed by atoms with Crippen LogP contribution >= 0.6 is 0 Å². The quantitative estimate of drug-likeness (QED) is 0.776. The van der Waals surface area contributed by atoms with E-state index < -0.39 is 0 Å². The molecule has 0 bridgehead atoms. The van der Waals surface area contributed by atoms with Crippen molar-refractivity contribution in [3.05, 3.63) is 22.9 Å². The van der Waals surface area contributed by atoms with Gasteiger partial charge in [0.2, 0.25) is 5.91 Å². The van der Waals surface area contributed by atoms with E-state index in [1.807, 2.05) is 6.92 Å². The number of carbonyl (C=O) groups is 1. The molecule has 3 heterocycles. The highest BCUT2D eigenvalue weighted by molar-refractivity contribution is 5.77. The van der Waals surface area contributed by atoms with Gasteiger partial charge in [0.25, 0.3) is 5.56 Å². The molecule has 1 aliphatic heterocycles. The average Bonchev–Trinajstić information content (AvgIpc) is 3.18. The minimum atomic E-state index is -0.239. The summed E-state index contributed by atoms with van der Waals surface area (Å²) in [5.74, 6) is 0.307. The molecular weight excluding hydrogens is 298 g/mol. The van der Waals surface area contributed by atoms with Crippen molar-refractivity contribution < 1.29 is 9.53 Å². The van der Waals surface area contributed by atoms with Gasteiger partial charge in [-0.25, -0.2) is 4.98 Å². The molecule has 0 aliphatic carbocycles. The number of aromatic nitrogens is 4. The number of fused-ring (bicyclic) bond motifs is 1. The molecule has 0 radical (unpaired) electrons. The summed E-state index contributed by atoms with van der Waals surface area (Å²) in [5, 5.41) is 4.45. The molecule has 8 heteroatoms. The van der Waals surface area contributed by atoms with Crippen LogP contribution in [0.25, 0.3) is 11.0 Å². The summed E-state index contributed by atoms with van der Waals surface area (Å²) < 4.78 is 8.25. The number of hydrogen-bond acceptors (Lipinski definition) is 5. The van der Waals surface area contributed by atoms with Gasteiger partial charge in [0, 0.05) is 32.7 Å². The molecule has 23 heavy (non-hydrogen) atoms. The molecule has 0 unspecified atom stereocenters. The van der Waals surface area contributed by atoms with Crippen molar-refractivity contribution in [2.45, 2.75) is 19.9 Å². The van der Waals surface area contributed by atoms with Gasteiger partial charge >= 0.3 is 0 Å². The lowest BCUT2D eigenvalue weighted by molar-refractivity contribution is -0.132. The van der Waals surface area contributed by atoms with Crippen molar-refractivity contribution in [2.75, 3.05) is 26.3 Å². The highest BCUT2D eigenvalue weighted by Crippen LogP contribution is 2.14. The van der Waals surface area contributed by atoms with Gasteiger partial charge in [0.1, 0.15) is 18.3 Å². The molecule has 0 N–H and O–H groups in total. The smallest absolute Gasteiger partial charge is 0.264 e.